The molecule has 0 saturated heterocycles. The summed E-state index contributed by atoms with van der Waals surface area (Å²) in [6, 6.07) is 5.28. The van der Waals surface area contributed by atoms with Crippen LogP contribution in [0.25, 0.3) is 0 Å². The van der Waals surface area contributed by atoms with Gasteiger partial charge in [-0.15, -0.1) is 0 Å². The van der Waals surface area contributed by atoms with Gasteiger partial charge in [-0.05, 0) is 24.5 Å². The summed E-state index contributed by atoms with van der Waals surface area (Å²) in [4.78, 5) is 13.4. The van der Waals surface area contributed by atoms with Crippen LogP contribution in [0.4, 0.5) is 4.79 Å². The summed E-state index contributed by atoms with van der Waals surface area (Å²) in [5, 5.41) is 3.48. The molecule has 19 heavy (non-hydrogen) atoms. The molecule has 1 aromatic carbocycles. The van der Waals surface area contributed by atoms with Crippen LogP contribution < -0.4 is 10.1 Å². The van der Waals surface area contributed by atoms with E-state index >= 15 is 0 Å². The first-order valence-corrected chi connectivity index (χ1v) is 7.66. The van der Waals surface area contributed by atoms with Crippen LogP contribution in [0, 0.1) is 0 Å². The molecule has 0 radical (unpaired) electrons. The number of ether oxygens (including phenoxy) is 1. The Bertz CT molecular complexity index is 429. The SMILES string of the molecule is COc1ccc(Cl)cc1CN(C)C(=O)NCCSC. The van der Waals surface area contributed by atoms with Crippen molar-refractivity contribution in [2.45, 2.75) is 6.54 Å². The van der Waals surface area contributed by atoms with Crippen LogP contribution in [0.1, 0.15) is 5.56 Å². The number of urea groups is 1. The van der Waals surface area contributed by atoms with Crippen LogP contribution in [0.15, 0.2) is 18.2 Å². The summed E-state index contributed by atoms with van der Waals surface area (Å²) in [5.74, 6) is 1.63. The Balaban J connectivity index is 2.62. The lowest BCUT2D eigenvalue weighted by atomic mass is 10.2. The molecule has 0 aromatic heterocycles. The molecule has 4 nitrogen and oxygen atoms in total. The van der Waals surface area contributed by atoms with Crippen LogP contribution in [0.5, 0.6) is 5.75 Å². The maximum absolute atomic E-state index is 11.8. The molecule has 0 spiro atoms. The van der Waals surface area contributed by atoms with Gasteiger partial charge in [-0.2, -0.15) is 11.8 Å². The second kappa shape index (κ2) is 8.17. The van der Waals surface area contributed by atoms with Gasteiger partial charge in [-0.1, -0.05) is 11.6 Å². The summed E-state index contributed by atoms with van der Waals surface area (Å²) < 4.78 is 5.26. The van der Waals surface area contributed by atoms with Crippen LogP contribution >= 0.6 is 23.4 Å². The highest BCUT2D eigenvalue weighted by atomic mass is 35.5. The molecule has 0 heterocycles. The highest BCUT2D eigenvalue weighted by Gasteiger charge is 2.11. The molecule has 1 rings (SSSR count). The average molecular weight is 303 g/mol. The second-order valence-electron chi connectivity index (χ2n) is 4.04. The zero-order valence-electron chi connectivity index (χ0n) is 11.4. The quantitative estimate of drug-likeness (QED) is 0.822. The van der Waals surface area contributed by atoms with Crippen molar-refractivity contribution in [3.05, 3.63) is 28.8 Å². The van der Waals surface area contributed by atoms with Crippen molar-refractivity contribution in [3.8, 4) is 5.75 Å². The highest BCUT2D eigenvalue weighted by Crippen LogP contribution is 2.23. The minimum atomic E-state index is -0.101. The number of carbonyl (C=O) groups is 1. The molecule has 0 atom stereocenters. The Morgan fingerprint density at radius 2 is 2.26 bits per heavy atom. The zero-order valence-corrected chi connectivity index (χ0v) is 13.0. The second-order valence-corrected chi connectivity index (χ2v) is 5.46. The predicted octanol–water partition coefficient (Wildman–Crippen LogP) is 2.85. The van der Waals surface area contributed by atoms with Crippen molar-refractivity contribution >= 4 is 29.4 Å². The third kappa shape index (κ3) is 5.20. The third-order valence-corrected chi connectivity index (χ3v) is 3.43. The largest absolute Gasteiger partial charge is 0.496 e. The summed E-state index contributed by atoms with van der Waals surface area (Å²) in [5.41, 5.74) is 0.887. The van der Waals surface area contributed by atoms with E-state index in [-0.39, 0.29) is 6.03 Å². The topological polar surface area (TPSA) is 41.6 Å². The van der Waals surface area contributed by atoms with E-state index < -0.39 is 0 Å². The number of nitrogens with one attached hydrogen (secondary N) is 1. The number of methoxy groups -OCH3 is 1. The average Bonchev–Trinajstić information content (AvgIpc) is 2.39. The summed E-state index contributed by atoms with van der Waals surface area (Å²) in [6.45, 7) is 1.12. The van der Waals surface area contributed by atoms with E-state index in [1.807, 2.05) is 12.3 Å². The van der Waals surface area contributed by atoms with Gasteiger partial charge in [-0.25, -0.2) is 4.79 Å². The molecule has 1 N–H and O–H groups in total. The van der Waals surface area contributed by atoms with Crippen molar-refractivity contribution in [3.63, 3.8) is 0 Å². The number of rotatable bonds is 6. The van der Waals surface area contributed by atoms with E-state index in [9.17, 15) is 4.79 Å². The summed E-state index contributed by atoms with van der Waals surface area (Å²) in [7, 11) is 3.35. The molecule has 106 valence electrons. The van der Waals surface area contributed by atoms with E-state index in [1.54, 1.807) is 43.0 Å². The van der Waals surface area contributed by atoms with E-state index in [4.69, 9.17) is 16.3 Å². The Labute approximate surface area is 123 Å². The van der Waals surface area contributed by atoms with Crippen molar-refractivity contribution < 1.29 is 9.53 Å². The normalized spacial score (nSPS) is 10.1. The van der Waals surface area contributed by atoms with Gasteiger partial charge in [0.05, 0.1) is 13.7 Å². The lowest BCUT2D eigenvalue weighted by Gasteiger charge is -2.19. The Kier molecular flexibility index (Phi) is 6.87. The van der Waals surface area contributed by atoms with Gasteiger partial charge in [0, 0.05) is 29.9 Å². The number of hydrogen-bond acceptors (Lipinski definition) is 3. The van der Waals surface area contributed by atoms with E-state index in [0.29, 0.717) is 18.1 Å². The van der Waals surface area contributed by atoms with E-state index in [0.717, 1.165) is 17.1 Å². The first-order chi connectivity index (χ1) is 9.08. The van der Waals surface area contributed by atoms with Crippen molar-refractivity contribution in [1.82, 2.24) is 10.2 Å². The van der Waals surface area contributed by atoms with Gasteiger partial charge in [0.15, 0.2) is 0 Å². The fourth-order valence-electron chi connectivity index (χ4n) is 1.59. The molecule has 0 fully saturated rings. The van der Waals surface area contributed by atoms with Crippen LogP contribution in [-0.4, -0.2) is 43.6 Å². The van der Waals surface area contributed by atoms with Crippen LogP contribution in [-0.2, 0) is 6.54 Å². The first kappa shape index (κ1) is 16.0. The molecule has 0 aliphatic rings. The van der Waals surface area contributed by atoms with Gasteiger partial charge in [-0.3, -0.25) is 0 Å². The maximum atomic E-state index is 11.8. The molecular formula is C13H19ClN2O2S. The third-order valence-electron chi connectivity index (χ3n) is 2.58. The van der Waals surface area contributed by atoms with Gasteiger partial charge in [0.25, 0.3) is 0 Å². The summed E-state index contributed by atoms with van der Waals surface area (Å²) >= 11 is 7.66. The number of thioether (sulfide) groups is 1. The van der Waals surface area contributed by atoms with Crippen molar-refractivity contribution in [2.75, 3.05) is 32.7 Å². The minimum absolute atomic E-state index is 0.101. The van der Waals surface area contributed by atoms with Gasteiger partial charge >= 0.3 is 6.03 Å². The van der Waals surface area contributed by atoms with Gasteiger partial charge < -0.3 is 15.0 Å². The van der Waals surface area contributed by atoms with Crippen molar-refractivity contribution in [2.24, 2.45) is 0 Å². The molecule has 2 amide bonds. The highest BCUT2D eigenvalue weighted by molar-refractivity contribution is 7.98. The smallest absolute Gasteiger partial charge is 0.317 e. The molecule has 0 bridgehead atoms. The lowest BCUT2D eigenvalue weighted by molar-refractivity contribution is 0.207. The fraction of sp³-hybridized carbons (Fsp3) is 0.462. The molecule has 0 saturated carbocycles. The Morgan fingerprint density at radius 3 is 2.89 bits per heavy atom. The van der Waals surface area contributed by atoms with Crippen LogP contribution in [0.3, 0.4) is 0 Å². The molecule has 0 aliphatic heterocycles. The number of carbonyl (C=O) groups excluding carboxylic acids is 1. The molecule has 1 aromatic rings. The number of halogens is 1. The van der Waals surface area contributed by atoms with Crippen LogP contribution in [0.2, 0.25) is 5.02 Å². The predicted molar refractivity (Wildman–Crippen MR) is 81.3 cm³/mol. The first-order valence-electron chi connectivity index (χ1n) is 5.88. The van der Waals surface area contributed by atoms with E-state index in [1.165, 1.54) is 0 Å². The van der Waals surface area contributed by atoms with E-state index in [2.05, 4.69) is 5.32 Å². The fourth-order valence-corrected chi connectivity index (χ4v) is 2.09. The Morgan fingerprint density at radius 1 is 1.53 bits per heavy atom. The molecule has 6 heteroatoms. The number of benzene rings is 1. The van der Waals surface area contributed by atoms with Gasteiger partial charge in [0.2, 0.25) is 0 Å². The van der Waals surface area contributed by atoms with Crippen molar-refractivity contribution in [1.29, 1.82) is 0 Å². The number of amides is 2. The number of hydrogen-bond donors (Lipinski definition) is 1. The lowest BCUT2D eigenvalue weighted by Crippen LogP contribution is -2.37. The maximum Gasteiger partial charge on any atom is 0.317 e. The molecular weight excluding hydrogens is 284 g/mol. The monoisotopic (exact) mass is 302 g/mol. The zero-order chi connectivity index (χ0) is 14.3. The Hall–Kier alpha value is -1.07. The molecule has 0 aliphatic carbocycles. The number of nitrogens with zero attached hydrogens (tertiary/aromatic N) is 1. The minimum Gasteiger partial charge on any atom is -0.496 e. The summed E-state index contributed by atoms with van der Waals surface area (Å²) in [6.07, 6.45) is 2.01. The standard InChI is InChI=1S/C13H19ClN2O2S/c1-16(13(17)15-6-7-19-3)9-10-8-11(14)4-5-12(10)18-2/h4-5,8H,6-7,9H2,1-3H3,(H,15,17). The molecule has 0 unspecified atom stereocenters. The van der Waals surface area contributed by atoms with Gasteiger partial charge in [0.1, 0.15) is 5.75 Å².